The monoisotopic (exact) mass is 371 g/mol. The summed E-state index contributed by atoms with van der Waals surface area (Å²) in [4.78, 5) is 30.2. The average molecular weight is 371 g/mol. The van der Waals surface area contributed by atoms with Crippen LogP contribution in [0.5, 0.6) is 0 Å². The summed E-state index contributed by atoms with van der Waals surface area (Å²) in [5.74, 6) is 0.140. The molecule has 146 valence electrons. The standard InChI is InChI=1S/C21H29N3O3/c1-15-10-18-17(12-21(26)27-19(18)11-16(15)2)13-23-6-5-7-24(9-8-23)14-20(25)22(3)4/h10-12H,5-9,13-14H2,1-4H3. The van der Waals surface area contributed by atoms with Gasteiger partial charge in [-0.15, -0.1) is 0 Å². The van der Waals surface area contributed by atoms with Crippen molar-refractivity contribution in [2.24, 2.45) is 0 Å². The highest BCUT2D eigenvalue weighted by atomic mass is 16.4. The van der Waals surface area contributed by atoms with E-state index in [1.54, 1.807) is 25.1 Å². The Hall–Kier alpha value is -2.18. The molecule has 6 heteroatoms. The van der Waals surface area contributed by atoms with Crippen molar-refractivity contribution in [3.63, 3.8) is 0 Å². The normalized spacial score (nSPS) is 16.4. The molecule has 0 saturated carbocycles. The van der Waals surface area contributed by atoms with Crippen LogP contribution in [-0.2, 0) is 11.3 Å². The molecule has 1 aliphatic heterocycles. The predicted octanol–water partition coefficient (Wildman–Crippen LogP) is 2.01. The first kappa shape index (κ1) is 19.6. The maximum atomic E-state index is 12.0. The number of aryl methyl sites for hydroxylation is 2. The highest BCUT2D eigenvalue weighted by Gasteiger charge is 2.19. The van der Waals surface area contributed by atoms with Crippen molar-refractivity contribution < 1.29 is 9.21 Å². The number of likely N-dealkylation sites (N-methyl/N-ethyl adjacent to an activating group) is 1. The fourth-order valence-corrected chi connectivity index (χ4v) is 3.53. The first-order chi connectivity index (χ1) is 12.8. The zero-order chi connectivity index (χ0) is 19.6. The summed E-state index contributed by atoms with van der Waals surface area (Å²) in [5.41, 5.74) is 3.70. The lowest BCUT2D eigenvalue weighted by molar-refractivity contribution is -0.129. The molecular formula is C21H29N3O3. The molecule has 1 saturated heterocycles. The molecule has 1 aliphatic rings. The lowest BCUT2D eigenvalue weighted by Gasteiger charge is -2.23. The Kier molecular flexibility index (Phi) is 5.97. The second-order valence-corrected chi connectivity index (χ2v) is 7.72. The topological polar surface area (TPSA) is 57.0 Å². The van der Waals surface area contributed by atoms with Gasteiger partial charge in [0.2, 0.25) is 5.91 Å². The molecule has 0 unspecified atom stereocenters. The fraction of sp³-hybridized carbons (Fsp3) is 0.524. The van der Waals surface area contributed by atoms with Crippen LogP contribution in [0.3, 0.4) is 0 Å². The minimum Gasteiger partial charge on any atom is -0.423 e. The summed E-state index contributed by atoms with van der Waals surface area (Å²) in [6, 6.07) is 5.69. The van der Waals surface area contributed by atoms with Crippen molar-refractivity contribution in [2.45, 2.75) is 26.8 Å². The third-order valence-electron chi connectivity index (χ3n) is 5.38. The van der Waals surface area contributed by atoms with E-state index in [1.807, 2.05) is 13.0 Å². The van der Waals surface area contributed by atoms with Crippen molar-refractivity contribution in [3.8, 4) is 0 Å². The van der Waals surface area contributed by atoms with Crippen LogP contribution in [0.2, 0.25) is 0 Å². The highest BCUT2D eigenvalue weighted by molar-refractivity contribution is 5.81. The van der Waals surface area contributed by atoms with Crippen LogP contribution in [-0.4, -0.2) is 67.4 Å². The maximum absolute atomic E-state index is 12.0. The molecule has 6 nitrogen and oxygen atoms in total. The average Bonchev–Trinajstić information content (AvgIpc) is 2.82. The molecule has 0 atom stereocenters. The summed E-state index contributed by atoms with van der Waals surface area (Å²) in [7, 11) is 3.59. The Bertz CT molecular complexity index is 888. The molecule has 1 amide bonds. The zero-order valence-electron chi connectivity index (χ0n) is 16.7. The number of hydrogen-bond acceptors (Lipinski definition) is 5. The molecular weight excluding hydrogens is 342 g/mol. The van der Waals surface area contributed by atoms with Crippen LogP contribution in [0, 0.1) is 13.8 Å². The van der Waals surface area contributed by atoms with E-state index in [1.165, 1.54) is 5.56 Å². The van der Waals surface area contributed by atoms with Gasteiger partial charge in [-0.3, -0.25) is 14.6 Å². The van der Waals surface area contributed by atoms with E-state index in [0.717, 1.165) is 55.7 Å². The lowest BCUT2D eigenvalue weighted by atomic mass is 10.0. The van der Waals surface area contributed by atoms with Gasteiger partial charge in [0.1, 0.15) is 5.58 Å². The number of amides is 1. The summed E-state index contributed by atoms with van der Waals surface area (Å²) in [5, 5.41) is 1.02. The van der Waals surface area contributed by atoms with Gasteiger partial charge in [-0.05, 0) is 62.2 Å². The first-order valence-electron chi connectivity index (χ1n) is 9.52. The van der Waals surface area contributed by atoms with Gasteiger partial charge in [-0.1, -0.05) is 0 Å². The molecule has 0 radical (unpaired) electrons. The molecule has 2 aromatic rings. The Balaban J connectivity index is 1.75. The zero-order valence-corrected chi connectivity index (χ0v) is 16.7. The van der Waals surface area contributed by atoms with Gasteiger partial charge in [0.05, 0.1) is 6.54 Å². The van der Waals surface area contributed by atoms with Crippen LogP contribution < -0.4 is 5.63 Å². The Morgan fingerprint density at radius 2 is 1.70 bits per heavy atom. The Morgan fingerprint density at radius 1 is 1.04 bits per heavy atom. The van der Waals surface area contributed by atoms with Gasteiger partial charge >= 0.3 is 5.63 Å². The minimum absolute atomic E-state index is 0.140. The molecule has 0 bridgehead atoms. The van der Waals surface area contributed by atoms with E-state index in [2.05, 4.69) is 22.8 Å². The predicted molar refractivity (Wildman–Crippen MR) is 107 cm³/mol. The van der Waals surface area contributed by atoms with Crippen LogP contribution in [0.1, 0.15) is 23.1 Å². The fourth-order valence-electron chi connectivity index (χ4n) is 3.53. The van der Waals surface area contributed by atoms with Gasteiger partial charge in [-0.2, -0.15) is 0 Å². The smallest absolute Gasteiger partial charge is 0.336 e. The van der Waals surface area contributed by atoms with Crippen molar-refractivity contribution >= 4 is 16.9 Å². The SMILES string of the molecule is Cc1cc2oc(=O)cc(CN3CCCN(CC(=O)N(C)C)CC3)c2cc1C. The molecule has 0 spiro atoms. The van der Waals surface area contributed by atoms with Gasteiger partial charge in [0.15, 0.2) is 0 Å². The Labute approximate surface area is 160 Å². The van der Waals surface area contributed by atoms with Crippen molar-refractivity contribution in [3.05, 3.63) is 45.3 Å². The molecule has 1 aromatic carbocycles. The molecule has 1 aromatic heterocycles. The van der Waals surface area contributed by atoms with Gasteiger partial charge < -0.3 is 9.32 Å². The number of nitrogens with zero attached hydrogens (tertiary/aromatic N) is 3. The third-order valence-corrected chi connectivity index (χ3v) is 5.38. The second kappa shape index (κ2) is 8.23. The van der Waals surface area contributed by atoms with Crippen LogP contribution in [0.25, 0.3) is 11.0 Å². The van der Waals surface area contributed by atoms with E-state index in [0.29, 0.717) is 12.1 Å². The summed E-state index contributed by atoms with van der Waals surface area (Å²) in [6.45, 7) is 8.92. The van der Waals surface area contributed by atoms with Gasteiger partial charge in [0.25, 0.3) is 0 Å². The number of carbonyl (C=O) groups is 1. The van der Waals surface area contributed by atoms with Crippen molar-refractivity contribution in [1.82, 2.24) is 14.7 Å². The maximum Gasteiger partial charge on any atom is 0.336 e. The van der Waals surface area contributed by atoms with Gasteiger partial charge in [0, 0.05) is 45.2 Å². The lowest BCUT2D eigenvalue weighted by Crippen LogP contribution is -2.38. The van der Waals surface area contributed by atoms with Crippen LogP contribution in [0.15, 0.2) is 27.4 Å². The number of fused-ring (bicyclic) bond motifs is 1. The summed E-state index contributed by atoms with van der Waals surface area (Å²) < 4.78 is 5.41. The van der Waals surface area contributed by atoms with E-state index < -0.39 is 0 Å². The molecule has 27 heavy (non-hydrogen) atoms. The summed E-state index contributed by atoms with van der Waals surface area (Å²) >= 11 is 0. The van der Waals surface area contributed by atoms with Crippen molar-refractivity contribution in [2.75, 3.05) is 46.8 Å². The largest absolute Gasteiger partial charge is 0.423 e. The van der Waals surface area contributed by atoms with Gasteiger partial charge in [-0.25, -0.2) is 4.79 Å². The number of benzene rings is 1. The Morgan fingerprint density at radius 3 is 2.44 bits per heavy atom. The first-order valence-corrected chi connectivity index (χ1v) is 9.52. The number of carbonyl (C=O) groups excluding carboxylic acids is 1. The molecule has 0 aliphatic carbocycles. The number of rotatable bonds is 4. The second-order valence-electron chi connectivity index (χ2n) is 7.72. The third kappa shape index (κ3) is 4.76. The minimum atomic E-state index is -0.297. The van der Waals surface area contributed by atoms with E-state index in [9.17, 15) is 9.59 Å². The molecule has 1 fully saturated rings. The van der Waals surface area contributed by atoms with Crippen LogP contribution >= 0.6 is 0 Å². The van der Waals surface area contributed by atoms with Crippen molar-refractivity contribution in [1.29, 1.82) is 0 Å². The number of hydrogen-bond donors (Lipinski definition) is 0. The molecule has 0 N–H and O–H groups in total. The highest BCUT2D eigenvalue weighted by Crippen LogP contribution is 2.23. The van der Waals surface area contributed by atoms with E-state index in [-0.39, 0.29) is 11.5 Å². The van der Waals surface area contributed by atoms with E-state index in [4.69, 9.17) is 4.42 Å². The quantitative estimate of drug-likeness (QED) is 0.770. The molecule has 2 heterocycles. The van der Waals surface area contributed by atoms with E-state index >= 15 is 0 Å². The molecule has 3 rings (SSSR count). The van der Waals surface area contributed by atoms with Crippen LogP contribution in [0.4, 0.5) is 0 Å². The summed E-state index contributed by atoms with van der Waals surface area (Å²) in [6.07, 6.45) is 1.01.